The number of nitrogens with zero attached hydrogens (tertiary/aromatic N) is 2. The first-order valence-electron chi connectivity index (χ1n) is 8.77. The van der Waals surface area contributed by atoms with E-state index < -0.39 is 0 Å². The summed E-state index contributed by atoms with van der Waals surface area (Å²) in [5.41, 5.74) is 1.46. The first kappa shape index (κ1) is 18.8. The van der Waals surface area contributed by atoms with Crippen LogP contribution in [0, 0.1) is 0 Å². The molecule has 6 nitrogen and oxygen atoms in total. The van der Waals surface area contributed by atoms with Crippen molar-refractivity contribution in [1.82, 2.24) is 4.57 Å². The van der Waals surface area contributed by atoms with Crippen LogP contribution in [-0.2, 0) is 0 Å². The molecule has 0 saturated heterocycles. The number of fused-ring (bicyclic) bond motifs is 1. The molecule has 0 atom stereocenters. The van der Waals surface area contributed by atoms with Gasteiger partial charge in [0.25, 0.3) is 5.56 Å². The first-order valence-corrected chi connectivity index (χ1v) is 9.15. The fourth-order valence-corrected chi connectivity index (χ4v) is 3.08. The van der Waals surface area contributed by atoms with Gasteiger partial charge in [-0.15, -0.1) is 0 Å². The number of aromatic nitrogens is 1. The SMILES string of the molecule is COc1ccc(N=c2oc3ccc(Cl)cc3c(=O)n2-c2ccc(OC)cc2)cc1. The normalized spacial score (nSPS) is 11.6. The van der Waals surface area contributed by atoms with Crippen molar-refractivity contribution in [3.05, 3.63) is 87.8 Å². The second kappa shape index (κ2) is 7.85. The maximum atomic E-state index is 13.3. The zero-order chi connectivity index (χ0) is 20.4. The number of benzene rings is 3. The van der Waals surface area contributed by atoms with Crippen molar-refractivity contribution in [2.45, 2.75) is 0 Å². The van der Waals surface area contributed by atoms with Gasteiger partial charge >= 0.3 is 5.68 Å². The maximum Gasteiger partial charge on any atom is 0.310 e. The summed E-state index contributed by atoms with van der Waals surface area (Å²) in [6.45, 7) is 0. The van der Waals surface area contributed by atoms with Crippen molar-refractivity contribution < 1.29 is 13.9 Å². The van der Waals surface area contributed by atoms with Gasteiger partial charge in [0.05, 0.1) is 31.0 Å². The van der Waals surface area contributed by atoms with Crippen LogP contribution in [0.3, 0.4) is 0 Å². The van der Waals surface area contributed by atoms with Crippen LogP contribution in [0.1, 0.15) is 0 Å². The summed E-state index contributed by atoms with van der Waals surface area (Å²) >= 11 is 6.09. The summed E-state index contributed by atoms with van der Waals surface area (Å²) in [6, 6.07) is 19.1. The van der Waals surface area contributed by atoms with Crippen LogP contribution in [0.4, 0.5) is 5.69 Å². The molecule has 0 aliphatic rings. The Kier molecular flexibility index (Phi) is 5.10. The highest BCUT2D eigenvalue weighted by molar-refractivity contribution is 6.31. The average Bonchev–Trinajstić information content (AvgIpc) is 2.75. The van der Waals surface area contributed by atoms with Crippen LogP contribution in [-0.4, -0.2) is 18.8 Å². The Labute approximate surface area is 171 Å². The minimum absolute atomic E-state index is 0.139. The molecule has 0 amide bonds. The Morgan fingerprint density at radius 3 is 2.14 bits per heavy atom. The molecule has 7 heteroatoms. The molecule has 3 aromatic carbocycles. The molecule has 1 aromatic heterocycles. The Bertz CT molecular complexity index is 1290. The summed E-state index contributed by atoms with van der Waals surface area (Å²) in [4.78, 5) is 17.8. The molecule has 0 saturated carbocycles. The number of ether oxygens (including phenoxy) is 2. The molecular formula is C22H17ClN2O4. The van der Waals surface area contributed by atoms with Crippen LogP contribution in [0.25, 0.3) is 16.7 Å². The molecule has 4 aromatic rings. The number of methoxy groups -OCH3 is 2. The molecule has 0 spiro atoms. The van der Waals surface area contributed by atoms with Gasteiger partial charge in [0, 0.05) is 5.02 Å². The molecule has 0 fully saturated rings. The maximum absolute atomic E-state index is 13.3. The number of hydrogen-bond donors (Lipinski definition) is 0. The second-order valence-electron chi connectivity index (χ2n) is 6.17. The molecule has 0 unspecified atom stereocenters. The summed E-state index contributed by atoms with van der Waals surface area (Å²) in [7, 11) is 3.18. The van der Waals surface area contributed by atoms with E-state index in [4.69, 9.17) is 25.5 Å². The van der Waals surface area contributed by atoms with Gasteiger partial charge in [-0.3, -0.25) is 4.79 Å². The van der Waals surface area contributed by atoms with E-state index >= 15 is 0 Å². The summed E-state index contributed by atoms with van der Waals surface area (Å²) < 4.78 is 17.8. The highest BCUT2D eigenvalue weighted by Crippen LogP contribution is 2.19. The van der Waals surface area contributed by atoms with Gasteiger partial charge < -0.3 is 13.9 Å². The summed E-state index contributed by atoms with van der Waals surface area (Å²) in [5, 5.41) is 0.813. The van der Waals surface area contributed by atoms with E-state index in [-0.39, 0.29) is 11.2 Å². The van der Waals surface area contributed by atoms with E-state index in [9.17, 15) is 4.79 Å². The van der Waals surface area contributed by atoms with E-state index in [1.165, 1.54) is 4.57 Å². The molecule has 0 aliphatic carbocycles. The Balaban J connectivity index is 2.01. The third kappa shape index (κ3) is 3.75. The second-order valence-corrected chi connectivity index (χ2v) is 6.61. The molecule has 0 N–H and O–H groups in total. The molecule has 1 heterocycles. The monoisotopic (exact) mass is 408 g/mol. The first-order chi connectivity index (χ1) is 14.1. The van der Waals surface area contributed by atoms with Crippen LogP contribution in [0.5, 0.6) is 11.5 Å². The van der Waals surface area contributed by atoms with Gasteiger partial charge in [-0.1, -0.05) is 11.6 Å². The minimum atomic E-state index is -0.286. The highest BCUT2D eigenvalue weighted by atomic mass is 35.5. The van der Waals surface area contributed by atoms with Crippen LogP contribution < -0.4 is 20.7 Å². The zero-order valence-corrected chi connectivity index (χ0v) is 16.5. The molecule has 0 radical (unpaired) electrons. The van der Waals surface area contributed by atoms with E-state index in [0.29, 0.717) is 38.9 Å². The quantitative estimate of drug-likeness (QED) is 0.499. The lowest BCUT2D eigenvalue weighted by molar-refractivity contribution is 0.414. The van der Waals surface area contributed by atoms with Crippen molar-refractivity contribution in [2.24, 2.45) is 4.99 Å². The Morgan fingerprint density at radius 2 is 1.52 bits per heavy atom. The van der Waals surface area contributed by atoms with Gasteiger partial charge in [0.2, 0.25) is 0 Å². The van der Waals surface area contributed by atoms with Crippen molar-refractivity contribution in [1.29, 1.82) is 0 Å². The molecular weight excluding hydrogens is 392 g/mol. The zero-order valence-electron chi connectivity index (χ0n) is 15.8. The van der Waals surface area contributed by atoms with E-state index in [1.54, 1.807) is 80.9 Å². The molecule has 146 valence electrons. The van der Waals surface area contributed by atoms with Gasteiger partial charge in [0.1, 0.15) is 17.1 Å². The summed E-state index contributed by atoms with van der Waals surface area (Å²) in [6.07, 6.45) is 0. The van der Waals surface area contributed by atoms with Crippen molar-refractivity contribution >= 4 is 28.3 Å². The molecule has 0 bridgehead atoms. The topological polar surface area (TPSA) is 66.0 Å². The lowest BCUT2D eigenvalue weighted by Gasteiger charge is -2.09. The summed E-state index contributed by atoms with van der Waals surface area (Å²) in [5.74, 6) is 1.39. The van der Waals surface area contributed by atoms with Gasteiger partial charge in [-0.25, -0.2) is 4.57 Å². The molecule has 29 heavy (non-hydrogen) atoms. The predicted octanol–water partition coefficient (Wildman–Crippen LogP) is 4.49. The van der Waals surface area contributed by atoms with Crippen LogP contribution in [0.2, 0.25) is 5.02 Å². The van der Waals surface area contributed by atoms with Crippen molar-refractivity contribution in [3.8, 4) is 17.2 Å². The van der Waals surface area contributed by atoms with Gasteiger partial charge in [0.15, 0.2) is 0 Å². The minimum Gasteiger partial charge on any atom is -0.497 e. The Morgan fingerprint density at radius 1 is 0.897 bits per heavy atom. The molecule has 0 aliphatic heterocycles. The van der Waals surface area contributed by atoms with Crippen LogP contribution >= 0.6 is 11.6 Å². The largest absolute Gasteiger partial charge is 0.497 e. The number of rotatable bonds is 4. The van der Waals surface area contributed by atoms with Gasteiger partial charge in [-0.2, -0.15) is 4.99 Å². The third-order valence-corrected chi connectivity index (χ3v) is 4.63. The number of halogens is 1. The molecule has 4 rings (SSSR count). The lowest BCUT2D eigenvalue weighted by Crippen LogP contribution is -2.31. The standard InChI is InChI=1S/C22H17ClN2O4/c1-27-17-8-4-15(5-9-17)24-22-25(16-6-10-18(28-2)11-7-16)21(26)19-13-14(23)3-12-20(19)29-22/h3-13H,1-2H3. The van der Waals surface area contributed by atoms with Gasteiger partial charge in [-0.05, 0) is 66.7 Å². The van der Waals surface area contributed by atoms with E-state index in [1.807, 2.05) is 0 Å². The fourth-order valence-electron chi connectivity index (χ4n) is 2.91. The van der Waals surface area contributed by atoms with Crippen LogP contribution in [0.15, 0.2) is 80.9 Å². The van der Waals surface area contributed by atoms with E-state index in [0.717, 1.165) is 0 Å². The lowest BCUT2D eigenvalue weighted by atomic mass is 10.2. The average molecular weight is 409 g/mol. The van der Waals surface area contributed by atoms with E-state index in [2.05, 4.69) is 4.99 Å². The third-order valence-electron chi connectivity index (χ3n) is 4.40. The number of hydrogen-bond acceptors (Lipinski definition) is 5. The fraction of sp³-hybridized carbons (Fsp3) is 0.0909. The Hall–Kier alpha value is -3.51. The highest BCUT2D eigenvalue weighted by Gasteiger charge is 2.12. The van der Waals surface area contributed by atoms with Crippen molar-refractivity contribution in [2.75, 3.05) is 14.2 Å². The predicted molar refractivity (Wildman–Crippen MR) is 112 cm³/mol. The smallest absolute Gasteiger partial charge is 0.310 e. The van der Waals surface area contributed by atoms with Crippen molar-refractivity contribution in [3.63, 3.8) is 0 Å².